The number of aromatic nitrogens is 2. The summed E-state index contributed by atoms with van der Waals surface area (Å²) in [6.07, 6.45) is 1.41. The number of rotatable bonds is 8. The van der Waals surface area contributed by atoms with Crippen molar-refractivity contribution in [1.82, 2.24) is 9.66 Å². The molecule has 0 saturated heterocycles. The maximum Gasteiger partial charge on any atom is 0.345 e. The van der Waals surface area contributed by atoms with Crippen LogP contribution in [0.5, 0.6) is 23.0 Å². The number of carbonyl (C=O) groups excluding carboxylic acids is 1. The highest BCUT2D eigenvalue weighted by Gasteiger charge is 2.19. The number of ether oxygens (including phenoxy) is 4. The molecule has 1 aromatic heterocycles. The van der Waals surface area contributed by atoms with Gasteiger partial charge in [0.1, 0.15) is 5.75 Å². The maximum atomic E-state index is 13.7. The molecule has 0 amide bonds. The summed E-state index contributed by atoms with van der Waals surface area (Å²) in [5.74, 6) is 0.884. The van der Waals surface area contributed by atoms with Gasteiger partial charge in [0, 0.05) is 16.1 Å². The number of methoxy groups -OCH3 is 3. The van der Waals surface area contributed by atoms with Gasteiger partial charge in [0.15, 0.2) is 17.3 Å². The van der Waals surface area contributed by atoms with Gasteiger partial charge in [-0.25, -0.2) is 9.78 Å². The van der Waals surface area contributed by atoms with Crippen molar-refractivity contribution in [2.75, 3.05) is 21.3 Å². The summed E-state index contributed by atoms with van der Waals surface area (Å²) in [4.78, 5) is 31.3. The maximum absolute atomic E-state index is 13.7. The van der Waals surface area contributed by atoms with Crippen LogP contribution < -0.4 is 24.5 Å². The number of nitrogens with zero attached hydrogens (tertiary/aromatic N) is 3. The highest BCUT2D eigenvalue weighted by molar-refractivity contribution is 6.36. The largest absolute Gasteiger partial charge is 0.493 e. The van der Waals surface area contributed by atoms with E-state index in [2.05, 4.69) is 5.10 Å². The molecule has 212 valence electrons. The van der Waals surface area contributed by atoms with Crippen molar-refractivity contribution < 1.29 is 23.7 Å². The number of hydrogen-bond acceptors (Lipinski definition) is 8. The van der Waals surface area contributed by atoms with E-state index >= 15 is 0 Å². The minimum Gasteiger partial charge on any atom is -0.493 e. The van der Waals surface area contributed by atoms with Crippen LogP contribution in [0.2, 0.25) is 10.0 Å². The number of fused-ring (bicyclic) bond motifs is 1. The quantitative estimate of drug-likeness (QED) is 0.113. The van der Waals surface area contributed by atoms with Gasteiger partial charge in [-0.05, 0) is 54.6 Å². The number of benzene rings is 4. The molecule has 5 rings (SSSR count). The molecule has 4 aromatic carbocycles. The molecule has 0 saturated carbocycles. The molecule has 0 aliphatic heterocycles. The predicted octanol–water partition coefficient (Wildman–Crippen LogP) is 6.50. The lowest BCUT2D eigenvalue weighted by molar-refractivity contribution is 0.0734. The summed E-state index contributed by atoms with van der Waals surface area (Å²) < 4.78 is 23.3. The first-order chi connectivity index (χ1) is 20.3. The molecule has 42 heavy (non-hydrogen) atoms. The van der Waals surface area contributed by atoms with Crippen molar-refractivity contribution in [2.45, 2.75) is 0 Å². The third-order valence-corrected chi connectivity index (χ3v) is 6.81. The lowest BCUT2D eigenvalue weighted by Crippen LogP contribution is -2.20. The Bertz CT molecular complexity index is 1880. The molecule has 0 N–H and O–H groups in total. The van der Waals surface area contributed by atoms with Crippen LogP contribution in [0.15, 0.2) is 88.8 Å². The molecule has 0 atom stereocenters. The molecule has 0 fully saturated rings. The van der Waals surface area contributed by atoms with Crippen LogP contribution in [-0.2, 0) is 0 Å². The van der Waals surface area contributed by atoms with Gasteiger partial charge in [-0.15, -0.1) is 0 Å². The van der Waals surface area contributed by atoms with Crippen LogP contribution in [0.3, 0.4) is 0 Å². The Balaban J connectivity index is 1.62. The highest BCUT2D eigenvalue weighted by Crippen LogP contribution is 2.41. The van der Waals surface area contributed by atoms with Gasteiger partial charge in [-0.1, -0.05) is 47.5 Å². The fourth-order valence-electron chi connectivity index (χ4n) is 4.24. The van der Waals surface area contributed by atoms with E-state index in [4.69, 9.17) is 47.1 Å². The molecule has 0 aliphatic rings. The summed E-state index contributed by atoms with van der Waals surface area (Å²) in [5, 5.41) is 5.40. The second-order valence-electron chi connectivity index (χ2n) is 8.78. The summed E-state index contributed by atoms with van der Waals surface area (Å²) in [5.41, 5.74) is 1.12. The van der Waals surface area contributed by atoms with Gasteiger partial charge in [0.25, 0.3) is 5.56 Å². The Hall–Kier alpha value is -4.86. The number of carbonyl (C=O) groups is 1. The first-order valence-corrected chi connectivity index (χ1v) is 13.2. The topological polar surface area (TPSA) is 101 Å². The molecule has 0 radical (unpaired) electrons. The van der Waals surface area contributed by atoms with E-state index < -0.39 is 11.5 Å². The highest BCUT2D eigenvalue weighted by atomic mass is 35.5. The van der Waals surface area contributed by atoms with Crippen LogP contribution in [-0.4, -0.2) is 43.2 Å². The zero-order valence-electron chi connectivity index (χ0n) is 22.6. The number of para-hydroxylation sites is 2. The zero-order valence-corrected chi connectivity index (χ0v) is 24.1. The van der Waals surface area contributed by atoms with Crippen molar-refractivity contribution >= 4 is 46.3 Å². The molecular weight excluding hydrogens is 581 g/mol. The van der Waals surface area contributed by atoms with Crippen LogP contribution in [0.4, 0.5) is 0 Å². The van der Waals surface area contributed by atoms with Crippen LogP contribution >= 0.6 is 23.2 Å². The summed E-state index contributed by atoms with van der Waals surface area (Å²) in [6, 6.07) is 21.5. The zero-order chi connectivity index (χ0) is 29.8. The van der Waals surface area contributed by atoms with E-state index in [1.165, 1.54) is 39.7 Å². The monoisotopic (exact) mass is 603 g/mol. The molecule has 9 nitrogen and oxygen atoms in total. The van der Waals surface area contributed by atoms with Crippen molar-refractivity contribution in [2.24, 2.45) is 5.10 Å². The molecule has 1 heterocycles. The Kier molecular flexibility index (Phi) is 8.42. The second kappa shape index (κ2) is 12.3. The molecule has 0 aliphatic carbocycles. The minimum absolute atomic E-state index is 0.146. The van der Waals surface area contributed by atoms with Gasteiger partial charge < -0.3 is 18.9 Å². The molecule has 11 heteroatoms. The first-order valence-electron chi connectivity index (χ1n) is 12.5. The van der Waals surface area contributed by atoms with Crippen molar-refractivity contribution in [3.8, 4) is 34.4 Å². The molecule has 5 aromatic rings. The molecule has 0 unspecified atom stereocenters. The molecular formula is C31H23Cl2N3O6. The van der Waals surface area contributed by atoms with E-state index in [0.717, 1.165) is 4.68 Å². The lowest BCUT2D eigenvalue weighted by atomic mass is 10.1. The smallest absolute Gasteiger partial charge is 0.345 e. The van der Waals surface area contributed by atoms with Crippen molar-refractivity contribution in [3.63, 3.8) is 0 Å². The van der Waals surface area contributed by atoms with E-state index in [0.29, 0.717) is 44.3 Å². The Morgan fingerprint density at radius 1 is 0.857 bits per heavy atom. The number of halogens is 2. The van der Waals surface area contributed by atoms with Crippen LogP contribution in [0, 0.1) is 0 Å². The summed E-state index contributed by atoms with van der Waals surface area (Å²) in [6.45, 7) is 0. The Morgan fingerprint density at radius 2 is 1.55 bits per heavy atom. The third-order valence-electron chi connectivity index (χ3n) is 6.26. The molecule has 0 spiro atoms. The Morgan fingerprint density at radius 3 is 2.24 bits per heavy atom. The van der Waals surface area contributed by atoms with E-state index in [1.807, 2.05) is 0 Å². The van der Waals surface area contributed by atoms with Crippen LogP contribution in [0.25, 0.3) is 22.3 Å². The molecule has 0 bridgehead atoms. The average Bonchev–Trinajstić information content (AvgIpc) is 3.00. The second-order valence-corrected chi connectivity index (χ2v) is 9.62. The Labute approximate surface area is 250 Å². The average molecular weight is 604 g/mol. The summed E-state index contributed by atoms with van der Waals surface area (Å²) in [7, 11) is 4.49. The van der Waals surface area contributed by atoms with Crippen molar-refractivity contribution in [3.05, 3.63) is 110 Å². The van der Waals surface area contributed by atoms with Gasteiger partial charge >= 0.3 is 5.97 Å². The van der Waals surface area contributed by atoms with E-state index in [9.17, 15) is 9.59 Å². The lowest BCUT2D eigenvalue weighted by Gasteiger charge is -2.15. The SMILES string of the molecule is COc1cc(-c2nc3ccccc3c(=O)n2N=Cc2ccccc2OC(=O)c2ccc(Cl)cc2Cl)cc(OC)c1OC. The van der Waals surface area contributed by atoms with Gasteiger partial charge in [0.2, 0.25) is 5.75 Å². The van der Waals surface area contributed by atoms with Gasteiger partial charge in [-0.2, -0.15) is 9.78 Å². The summed E-state index contributed by atoms with van der Waals surface area (Å²) >= 11 is 12.1. The number of hydrogen-bond donors (Lipinski definition) is 0. The van der Waals surface area contributed by atoms with Crippen molar-refractivity contribution in [1.29, 1.82) is 0 Å². The number of esters is 1. The van der Waals surface area contributed by atoms with Gasteiger partial charge in [-0.3, -0.25) is 4.79 Å². The van der Waals surface area contributed by atoms with Crippen LogP contribution in [0.1, 0.15) is 15.9 Å². The first kappa shape index (κ1) is 28.7. The fourth-order valence-corrected chi connectivity index (χ4v) is 4.72. The standard InChI is InChI=1S/C31H23Cl2N3O6/c1-39-26-14-19(15-27(40-2)28(26)41-3)29-35-24-10-6-5-9-22(24)30(37)36(29)34-17-18-8-4-7-11-25(18)42-31(38)21-13-12-20(32)16-23(21)33/h4-17H,1-3H3. The minimum atomic E-state index is -0.680. The predicted molar refractivity (Wildman–Crippen MR) is 162 cm³/mol. The normalized spacial score (nSPS) is 11.1. The van der Waals surface area contributed by atoms with E-state index in [-0.39, 0.29) is 22.2 Å². The van der Waals surface area contributed by atoms with Gasteiger partial charge in [0.05, 0.1) is 49.0 Å². The van der Waals surface area contributed by atoms with E-state index in [1.54, 1.807) is 66.7 Å². The fraction of sp³-hybridized carbons (Fsp3) is 0.0968. The third kappa shape index (κ3) is 5.65.